The number of unbranched alkanes of at least 4 members (excludes halogenated alkanes) is 2. The Kier molecular flexibility index (Phi) is 5.93. The molecule has 0 spiro atoms. The molecule has 0 saturated heterocycles. The van der Waals surface area contributed by atoms with Gasteiger partial charge in [0.2, 0.25) is 0 Å². The molecule has 1 fully saturated rings. The van der Waals surface area contributed by atoms with Gasteiger partial charge in [0.05, 0.1) is 0 Å². The summed E-state index contributed by atoms with van der Waals surface area (Å²) in [6, 6.07) is 0.865. The molecule has 0 amide bonds. The number of nitrogens with one attached hydrogen (secondary N) is 1. The summed E-state index contributed by atoms with van der Waals surface area (Å²) in [5, 5.41) is 3.53. The Bertz CT molecular complexity index is 168. The minimum atomic E-state index is 0.865. The average Bonchev–Trinajstić information content (AvgIpc) is 2.97. The molecule has 1 aliphatic rings. The highest BCUT2D eigenvalue weighted by atomic mass is 14.9. The summed E-state index contributed by atoms with van der Waals surface area (Å²) in [4.78, 5) is 0. The van der Waals surface area contributed by atoms with Crippen molar-refractivity contribution in [1.29, 1.82) is 0 Å². The summed E-state index contributed by atoms with van der Waals surface area (Å²) >= 11 is 0. The maximum atomic E-state index is 3.53. The zero-order valence-electron chi connectivity index (χ0n) is 9.81. The highest BCUT2D eigenvalue weighted by Gasteiger charge is 2.19. The van der Waals surface area contributed by atoms with Crippen molar-refractivity contribution >= 4 is 0 Å². The van der Waals surface area contributed by atoms with Crippen LogP contribution >= 0.6 is 0 Å². The maximum Gasteiger partial charge on any atom is 0.00683 e. The van der Waals surface area contributed by atoms with Crippen LogP contribution in [0.2, 0.25) is 0 Å². The fourth-order valence-electron chi connectivity index (χ4n) is 1.65. The lowest BCUT2D eigenvalue weighted by Crippen LogP contribution is -2.16. The molecule has 0 heterocycles. The quantitative estimate of drug-likeness (QED) is 0.460. The normalized spacial score (nSPS) is 17.4. The number of rotatable bonds is 8. The van der Waals surface area contributed by atoms with E-state index < -0.39 is 0 Å². The smallest absolute Gasteiger partial charge is 0.00683 e. The lowest BCUT2D eigenvalue weighted by atomic mass is 10.1. The zero-order valence-corrected chi connectivity index (χ0v) is 9.81. The van der Waals surface area contributed by atoms with E-state index in [1.165, 1.54) is 51.5 Å². The van der Waals surface area contributed by atoms with Gasteiger partial charge in [-0.25, -0.2) is 0 Å². The first kappa shape index (κ1) is 11.8. The van der Waals surface area contributed by atoms with Crippen LogP contribution in [0.15, 0.2) is 11.6 Å². The lowest BCUT2D eigenvalue weighted by molar-refractivity contribution is 0.682. The van der Waals surface area contributed by atoms with E-state index >= 15 is 0 Å². The van der Waals surface area contributed by atoms with Crippen LogP contribution in [-0.4, -0.2) is 12.6 Å². The molecule has 0 bridgehead atoms. The Morgan fingerprint density at radius 1 is 1.36 bits per heavy atom. The highest BCUT2D eigenvalue weighted by molar-refractivity contribution is 4.98. The molecule has 0 aromatic carbocycles. The van der Waals surface area contributed by atoms with Crippen LogP contribution in [0.3, 0.4) is 0 Å². The predicted octanol–water partition coefficient (Wildman–Crippen LogP) is 3.66. The minimum Gasteiger partial charge on any atom is -0.314 e. The lowest BCUT2D eigenvalue weighted by Gasteiger charge is -2.02. The van der Waals surface area contributed by atoms with Gasteiger partial charge >= 0.3 is 0 Å². The van der Waals surface area contributed by atoms with Crippen LogP contribution in [0, 0.1) is 0 Å². The largest absolute Gasteiger partial charge is 0.314 e. The van der Waals surface area contributed by atoms with Crippen molar-refractivity contribution < 1.29 is 0 Å². The van der Waals surface area contributed by atoms with E-state index in [-0.39, 0.29) is 0 Å². The van der Waals surface area contributed by atoms with E-state index in [0.29, 0.717) is 0 Å². The van der Waals surface area contributed by atoms with Crippen molar-refractivity contribution in [1.82, 2.24) is 5.32 Å². The second-order valence-electron chi connectivity index (χ2n) is 4.52. The number of allylic oxidation sites excluding steroid dienone is 1. The Balaban J connectivity index is 1.91. The summed E-state index contributed by atoms with van der Waals surface area (Å²) in [7, 11) is 0. The van der Waals surface area contributed by atoms with Gasteiger partial charge in [0.1, 0.15) is 0 Å². The van der Waals surface area contributed by atoms with Crippen LogP contribution in [0.25, 0.3) is 0 Å². The Morgan fingerprint density at radius 2 is 2.14 bits per heavy atom. The summed E-state index contributed by atoms with van der Waals surface area (Å²) in [6.07, 6.45) is 11.8. The molecule has 1 rings (SSSR count). The minimum absolute atomic E-state index is 0.865. The van der Waals surface area contributed by atoms with Gasteiger partial charge in [-0.15, -0.1) is 0 Å². The first-order valence-corrected chi connectivity index (χ1v) is 6.22. The first-order chi connectivity index (χ1) is 6.83. The average molecular weight is 195 g/mol. The summed E-state index contributed by atoms with van der Waals surface area (Å²) in [5.41, 5.74) is 1.58. The summed E-state index contributed by atoms with van der Waals surface area (Å²) in [6.45, 7) is 5.71. The third-order valence-electron chi connectivity index (χ3n) is 2.82. The Morgan fingerprint density at radius 3 is 2.79 bits per heavy atom. The van der Waals surface area contributed by atoms with E-state index in [9.17, 15) is 0 Å². The monoisotopic (exact) mass is 195 g/mol. The second-order valence-corrected chi connectivity index (χ2v) is 4.52. The van der Waals surface area contributed by atoms with E-state index in [1.54, 1.807) is 5.57 Å². The van der Waals surface area contributed by atoms with Crippen LogP contribution in [-0.2, 0) is 0 Å². The van der Waals surface area contributed by atoms with Gasteiger partial charge in [-0.2, -0.15) is 0 Å². The predicted molar refractivity (Wildman–Crippen MR) is 63.5 cm³/mol. The third kappa shape index (κ3) is 6.20. The zero-order chi connectivity index (χ0) is 10.2. The molecule has 0 radical (unpaired) electrons. The fraction of sp³-hybridized carbons (Fsp3) is 0.846. The van der Waals surface area contributed by atoms with Gasteiger partial charge in [-0.05, 0) is 45.6 Å². The van der Waals surface area contributed by atoms with Crippen molar-refractivity contribution in [2.45, 2.75) is 64.8 Å². The second kappa shape index (κ2) is 7.05. The molecule has 1 N–H and O–H groups in total. The molecule has 1 aliphatic carbocycles. The molecule has 14 heavy (non-hydrogen) atoms. The first-order valence-electron chi connectivity index (χ1n) is 6.22. The highest BCUT2D eigenvalue weighted by Crippen LogP contribution is 2.18. The van der Waals surface area contributed by atoms with Crippen molar-refractivity contribution in [3.63, 3.8) is 0 Å². The molecule has 0 atom stereocenters. The molecule has 0 aromatic rings. The van der Waals surface area contributed by atoms with Crippen LogP contribution in [0.1, 0.15) is 58.8 Å². The molecular weight excluding hydrogens is 170 g/mol. The molecule has 0 aliphatic heterocycles. The summed E-state index contributed by atoms with van der Waals surface area (Å²) < 4.78 is 0. The van der Waals surface area contributed by atoms with Crippen molar-refractivity contribution in [3.8, 4) is 0 Å². The van der Waals surface area contributed by atoms with Gasteiger partial charge < -0.3 is 5.32 Å². The topological polar surface area (TPSA) is 12.0 Å². The van der Waals surface area contributed by atoms with E-state index in [1.807, 2.05) is 0 Å². The standard InChI is InChI=1S/C13H25N/c1-3-4-5-7-12(2)8-6-11-14-13-9-10-13/h8,13-14H,3-7,9-11H2,1-2H3. The SMILES string of the molecule is CCCCCC(C)=CCCNC1CC1. The van der Waals surface area contributed by atoms with Crippen LogP contribution in [0.5, 0.6) is 0 Å². The van der Waals surface area contributed by atoms with Gasteiger partial charge in [0, 0.05) is 6.04 Å². The molecular formula is C13H25N. The van der Waals surface area contributed by atoms with Gasteiger partial charge in [-0.1, -0.05) is 31.4 Å². The maximum absolute atomic E-state index is 3.53. The van der Waals surface area contributed by atoms with E-state index in [2.05, 4.69) is 25.2 Å². The molecule has 1 saturated carbocycles. The van der Waals surface area contributed by atoms with Crippen LogP contribution in [0.4, 0.5) is 0 Å². The third-order valence-corrected chi connectivity index (χ3v) is 2.82. The van der Waals surface area contributed by atoms with E-state index in [4.69, 9.17) is 0 Å². The van der Waals surface area contributed by atoms with Crippen molar-refractivity contribution in [2.75, 3.05) is 6.54 Å². The molecule has 1 heteroatoms. The Labute approximate surface area is 89.0 Å². The molecule has 1 nitrogen and oxygen atoms in total. The van der Waals surface area contributed by atoms with E-state index in [0.717, 1.165) is 6.04 Å². The van der Waals surface area contributed by atoms with Crippen molar-refractivity contribution in [3.05, 3.63) is 11.6 Å². The fourth-order valence-corrected chi connectivity index (χ4v) is 1.65. The molecule has 0 aromatic heterocycles. The number of hydrogen-bond acceptors (Lipinski definition) is 1. The summed E-state index contributed by atoms with van der Waals surface area (Å²) in [5.74, 6) is 0. The van der Waals surface area contributed by atoms with Crippen LogP contribution < -0.4 is 5.32 Å². The van der Waals surface area contributed by atoms with Crippen molar-refractivity contribution in [2.24, 2.45) is 0 Å². The molecule has 82 valence electrons. The molecule has 0 unspecified atom stereocenters. The van der Waals surface area contributed by atoms with Gasteiger partial charge in [0.15, 0.2) is 0 Å². The van der Waals surface area contributed by atoms with Gasteiger partial charge in [-0.3, -0.25) is 0 Å². The number of hydrogen-bond donors (Lipinski definition) is 1. The Hall–Kier alpha value is -0.300. The van der Waals surface area contributed by atoms with Gasteiger partial charge in [0.25, 0.3) is 0 Å².